The van der Waals surface area contributed by atoms with E-state index in [1.54, 1.807) is 89.8 Å². The first-order chi connectivity index (χ1) is 50.8. The fourth-order valence-electron chi connectivity index (χ4n) is 12.6. The lowest BCUT2D eigenvalue weighted by atomic mass is 9.89. The molecule has 596 valence electrons. The predicted molar refractivity (Wildman–Crippen MR) is 407 cm³/mol. The molecule has 33 heteroatoms. The van der Waals surface area contributed by atoms with Crippen molar-refractivity contribution in [2.45, 2.75) is 186 Å². The number of anilines is 1. The van der Waals surface area contributed by atoms with E-state index in [0.717, 1.165) is 5.56 Å². The van der Waals surface area contributed by atoms with Crippen LogP contribution in [0.25, 0.3) is 0 Å². The lowest BCUT2D eigenvalue weighted by Crippen LogP contribution is -2.60. The molecule has 1 saturated heterocycles. The Morgan fingerprint density at radius 1 is 0.673 bits per heavy atom. The van der Waals surface area contributed by atoms with Crippen LogP contribution in [0.2, 0.25) is 0 Å². The number of urea groups is 1. The molecule has 3 aromatic rings. The maximum Gasteiger partial charge on any atom is 0.410 e. The molecule has 1 aliphatic heterocycles. The largest absolute Gasteiger partial charge is 0.476 e. The number of benzene rings is 2. The SMILES string of the molecule is CC[C@H](C)[C@@H]([C@@H](CC(=O)N1CCC[C@H]1[C@H](OC)[C@@H](C)C(=O)N[C@H](C)Cc1ccccc1)OC)N(C)C(=O)[C@@H](NC(=O)[C@H](C(C)C)N(C)C(=O)OCc1ccc(NC(=O)[C@H](CCCNC(N)=O)NC(=O)[C@@H](NC(=O)COCCOCCOCCNC(=O)c2nc(CBr)c(CBr)nc2C(=O)O)C(C)C)cc1)C(C)C. The second-order valence-electron chi connectivity index (χ2n) is 27.7. The highest BCUT2D eigenvalue weighted by Gasteiger charge is 2.44. The Bertz CT molecular complexity index is 3380. The van der Waals surface area contributed by atoms with Gasteiger partial charge in [-0.25, -0.2) is 24.4 Å². The normalized spacial score (nSPS) is 15.7. The average molecular weight is 1630 g/mol. The molecule has 0 aliphatic carbocycles. The van der Waals surface area contributed by atoms with Crippen molar-refractivity contribution in [3.05, 3.63) is 88.5 Å². The molecular formula is C74H113Br2N13O18. The van der Waals surface area contributed by atoms with E-state index in [9.17, 15) is 57.8 Å². The van der Waals surface area contributed by atoms with Crippen LogP contribution in [0.4, 0.5) is 15.3 Å². The molecular weight excluding hydrogens is 1520 g/mol. The third-order valence-electron chi connectivity index (χ3n) is 18.5. The Morgan fingerprint density at radius 2 is 1.29 bits per heavy atom. The molecule has 1 aromatic heterocycles. The van der Waals surface area contributed by atoms with Gasteiger partial charge in [0.15, 0.2) is 11.4 Å². The van der Waals surface area contributed by atoms with Gasteiger partial charge in [0, 0.05) is 70.3 Å². The summed E-state index contributed by atoms with van der Waals surface area (Å²) in [7, 11) is 6.15. The highest BCUT2D eigenvalue weighted by Crippen LogP contribution is 2.30. The number of aromatic carboxylic acids is 1. The Kier molecular flexibility index (Phi) is 40.2. The molecule has 0 bridgehead atoms. The van der Waals surface area contributed by atoms with Crippen molar-refractivity contribution in [3.8, 4) is 0 Å². The zero-order valence-corrected chi connectivity index (χ0v) is 67.3. The number of carboxylic acids is 1. The van der Waals surface area contributed by atoms with Crippen LogP contribution in [0, 0.1) is 29.6 Å². The van der Waals surface area contributed by atoms with Gasteiger partial charge in [0.1, 0.15) is 37.4 Å². The molecule has 4 rings (SSSR count). The number of carbonyl (C=O) groups excluding carboxylic acids is 10. The number of nitrogens with one attached hydrogen (secondary N) is 7. The number of hydrogen-bond acceptors (Lipinski definition) is 19. The maximum absolute atomic E-state index is 14.8. The van der Waals surface area contributed by atoms with Gasteiger partial charge < -0.3 is 86.3 Å². The zero-order valence-electron chi connectivity index (χ0n) is 64.2. The number of likely N-dealkylation sites (tertiary alicyclic amines) is 1. The van der Waals surface area contributed by atoms with Crippen molar-refractivity contribution in [2.24, 2.45) is 35.3 Å². The summed E-state index contributed by atoms with van der Waals surface area (Å²) in [5, 5.41) is 29.4. The molecule has 31 nitrogen and oxygen atoms in total. The van der Waals surface area contributed by atoms with Crippen LogP contribution in [0.15, 0.2) is 54.6 Å². The average Bonchev–Trinajstić information content (AvgIpc) is 1.73. The van der Waals surface area contributed by atoms with Gasteiger partial charge in [-0.1, -0.05) is 143 Å². The number of nitrogens with zero attached hydrogens (tertiary/aromatic N) is 5. The zero-order chi connectivity index (χ0) is 79.6. The monoisotopic (exact) mass is 1630 g/mol. The number of amides is 11. The number of aromatic nitrogens is 2. The molecule has 0 saturated carbocycles. The molecule has 107 heavy (non-hydrogen) atoms. The molecule has 0 unspecified atom stereocenters. The highest BCUT2D eigenvalue weighted by atomic mass is 79.9. The van der Waals surface area contributed by atoms with E-state index in [-0.39, 0.29) is 118 Å². The summed E-state index contributed by atoms with van der Waals surface area (Å²) in [6.45, 7) is 18.7. The number of hydrogen-bond donors (Lipinski definition) is 9. The van der Waals surface area contributed by atoms with Crippen molar-refractivity contribution in [1.29, 1.82) is 0 Å². The Labute approximate surface area is 645 Å². The third-order valence-corrected chi connectivity index (χ3v) is 19.6. The van der Waals surface area contributed by atoms with E-state index in [4.69, 9.17) is 34.2 Å². The number of ether oxygens (including phenoxy) is 6. The molecule has 10 N–H and O–H groups in total. The smallest absolute Gasteiger partial charge is 0.410 e. The van der Waals surface area contributed by atoms with Crippen LogP contribution in [0.5, 0.6) is 0 Å². The Morgan fingerprint density at radius 3 is 1.86 bits per heavy atom. The number of carboxylic acid groups (broad SMARTS) is 1. The quantitative estimate of drug-likeness (QED) is 0.0236. The lowest BCUT2D eigenvalue weighted by molar-refractivity contribution is -0.148. The van der Waals surface area contributed by atoms with E-state index in [0.29, 0.717) is 54.9 Å². The van der Waals surface area contributed by atoms with Crippen LogP contribution >= 0.6 is 31.9 Å². The summed E-state index contributed by atoms with van der Waals surface area (Å²) >= 11 is 6.52. The maximum atomic E-state index is 14.8. The summed E-state index contributed by atoms with van der Waals surface area (Å²) in [5.74, 6) is -7.45. The molecule has 0 spiro atoms. The molecule has 0 radical (unpaired) electrons. The van der Waals surface area contributed by atoms with Crippen molar-refractivity contribution >= 4 is 103 Å². The topological polar surface area (TPSA) is 409 Å². The summed E-state index contributed by atoms with van der Waals surface area (Å²) in [5.41, 5.74) is 7.21. The molecule has 2 heterocycles. The minimum atomic E-state index is -1.39. The first-order valence-corrected chi connectivity index (χ1v) is 38.5. The minimum Gasteiger partial charge on any atom is -0.476 e. The number of carbonyl (C=O) groups is 11. The minimum absolute atomic E-state index is 0.0130. The summed E-state index contributed by atoms with van der Waals surface area (Å²) in [4.78, 5) is 161. The fourth-order valence-corrected chi connectivity index (χ4v) is 13.5. The lowest BCUT2D eigenvalue weighted by Gasteiger charge is -2.41. The molecule has 1 aliphatic rings. The first kappa shape index (κ1) is 91.4. The number of alkyl halides is 2. The summed E-state index contributed by atoms with van der Waals surface area (Å²) < 4.78 is 34.3. The van der Waals surface area contributed by atoms with Gasteiger partial charge in [0.25, 0.3) is 5.91 Å². The number of primary amides is 1. The van der Waals surface area contributed by atoms with E-state index < -0.39 is 132 Å². The number of halogens is 2. The number of methoxy groups -OCH3 is 2. The van der Waals surface area contributed by atoms with Crippen LogP contribution in [0.3, 0.4) is 0 Å². The fraction of sp³-hybridized carbons (Fsp3) is 0.635. The van der Waals surface area contributed by atoms with Gasteiger partial charge in [-0.2, -0.15) is 0 Å². The van der Waals surface area contributed by atoms with Crippen LogP contribution in [-0.4, -0.2) is 237 Å². The van der Waals surface area contributed by atoms with Crippen molar-refractivity contribution < 1.29 is 86.3 Å². The van der Waals surface area contributed by atoms with Crippen molar-refractivity contribution in [2.75, 3.05) is 92.9 Å². The Hall–Kier alpha value is -7.95. The van der Waals surface area contributed by atoms with Gasteiger partial charge >= 0.3 is 18.1 Å². The number of rotatable bonds is 47. The summed E-state index contributed by atoms with van der Waals surface area (Å²) in [6.07, 6.45) is 0.667. The van der Waals surface area contributed by atoms with Crippen LogP contribution in [0.1, 0.15) is 151 Å². The van der Waals surface area contributed by atoms with E-state index in [2.05, 4.69) is 79.0 Å². The van der Waals surface area contributed by atoms with Crippen LogP contribution < -0.4 is 43.0 Å². The van der Waals surface area contributed by atoms with E-state index in [1.807, 2.05) is 58.0 Å². The number of nitrogens with two attached hydrogens (primary N) is 1. The van der Waals surface area contributed by atoms with Gasteiger partial charge in [-0.15, -0.1) is 0 Å². The van der Waals surface area contributed by atoms with Crippen molar-refractivity contribution in [3.63, 3.8) is 0 Å². The second kappa shape index (κ2) is 47.1. The van der Waals surface area contributed by atoms with Crippen LogP contribution in [-0.2, 0) is 85.7 Å². The highest BCUT2D eigenvalue weighted by molar-refractivity contribution is 9.09. The number of likely N-dealkylation sites (N-methyl/N-ethyl adjacent to an activating group) is 2. The van der Waals surface area contributed by atoms with Gasteiger partial charge in [0.05, 0.1) is 81.1 Å². The van der Waals surface area contributed by atoms with Gasteiger partial charge in [0.2, 0.25) is 41.4 Å². The van der Waals surface area contributed by atoms with Gasteiger partial charge in [-0.05, 0) is 86.0 Å². The van der Waals surface area contributed by atoms with E-state index in [1.165, 1.54) is 19.1 Å². The first-order valence-electron chi connectivity index (χ1n) is 36.3. The second-order valence-corrected chi connectivity index (χ2v) is 28.8. The molecule has 2 aromatic carbocycles. The Balaban J connectivity index is 1.30. The summed E-state index contributed by atoms with van der Waals surface area (Å²) in [6, 6.07) is 9.94. The van der Waals surface area contributed by atoms with Crippen molar-refractivity contribution in [1.82, 2.24) is 56.6 Å². The molecule has 11 atom stereocenters. The van der Waals surface area contributed by atoms with Gasteiger partial charge in [-0.3, -0.25) is 43.3 Å². The standard InChI is InChI=1S/C74H113Br2N13O18/c1-15-46(8)64(56(102-13)38-58(91)89-31-20-24-55(89)65(103-14)48(10)66(92)80-47(9)37-49-21-17-16-18-22-49)87(11)71(97)60(44(4)5)86-70(96)63(45(6)7)88(12)74(101)107-41-50-25-27-51(28-26-50)81-67(93)52(23-19-29-79-73(77)100)84-69(95)59(43(2)3)85-57(90)42-106-36-35-105-34-33-104-32-30-78-68(94)61-62(72(98)99)83-54(40-76)53(39-75)82-61/h16-18,21-22,25-28,43-48,52,55-56,59-60,63-65H,15,19-20,23-24,29-42H2,1-14H3,(H,78,94)(H,80,92)(H,81,93)(H,84,95)(H,85,90)(H,86,96)(H,98,99)(H3,77,79,100)/t46-,47+,48+,52-,55-,56+,59-,60-,63-,64-,65+/m0/s1. The molecule has 11 amide bonds. The molecule has 1 fully saturated rings. The predicted octanol–water partition coefficient (Wildman–Crippen LogP) is 5.86. The third kappa shape index (κ3) is 29.2. The van der Waals surface area contributed by atoms with E-state index >= 15 is 0 Å².